The fraction of sp³-hybridized carbons (Fsp3) is 0.273. The first-order valence-electron chi connectivity index (χ1n) is 5.24. The second-order valence-electron chi connectivity index (χ2n) is 3.56. The zero-order chi connectivity index (χ0) is 12.1. The van der Waals surface area contributed by atoms with Crippen LogP contribution in [-0.4, -0.2) is 20.2 Å². The first-order valence-corrected chi connectivity index (χ1v) is 5.62. The molecular formula is C11H12ClN5. The summed E-state index contributed by atoms with van der Waals surface area (Å²) in [6.45, 7) is 2.60. The molecule has 0 bridgehead atoms. The summed E-state index contributed by atoms with van der Waals surface area (Å²) >= 11 is 5.66. The van der Waals surface area contributed by atoms with Crippen LogP contribution in [0.25, 0.3) is 0 Å². The third-order valence-electron chi connectivity index (χ3n) is 2.25. The van der Waals surface area contributed by atoms with Gasteiger partial charge in [-0.05, 0) is 25.1 Å². The summed E-state index contributed by atoms with van der Waals surface area (Å²) < 4.78 is 0. The smallest absolute Gasteiger partial charge is 0.151 e. The minimum Gasteiger partial charge on any atom is -0.302 e. The average molecular weight is 250 g/mol. The zero-order valence-electron chi connectivity index (χ0n) is 9.34. The van der Waals surface area contributed by atoms with Crippen LogP contribution >= 0.6 is 11.6 Å². The maximum Gasteiger partial charge on any atom is 0.151 e. The Morgan fingerprint density at radius 1 is 1.24 bits per heavy atom. The quantitative estimate of drug-likeness (QED) is 0.895. The van der Waals surface area contributed by atoms with Gasteiger partial charge in [-0.1, -0.05) is 11.6 Å². The predicted molar refractivity (Wildman–Crippen MR) is 64.3 cm³/mol. The molecule has 0 saturated carbocycles. The number of hydrogen-bond donors (Lipinski definition) is 1. The molecule has 2 aromatic heterocycles. The molecule has 2 rings (SSSR count). The summed E-state index contributed by atoms with van der Waals surface area (Å²) in [6, 6.07) is 5.41. The van der Waals surface area contributed by atoms with Crippen molar-refractivity contribution in [3.8, 4) is 0 Å². The van der Waals surface area contributed by atoms with Crippen LogP contribution in [0.4, 0.5) is 0 Å². The van der Waals surface area contributed by atoms with Gasteiger partial charge in [0.25, 0.3) is 0 Å². The SMILES string of the molecule is C[C@H](NCc1ccc(Cl)nn1)c1ncccn1. The van der Waals surface area contributed by atoms with Crippen molar-refractivity contribution >= 4 is 11.6 Å². The molecule has 2 heterocycles. The fourth-order valence-corrected chi connectivity index (χ4v) is 1.42. The van der Waals surface area contributed by atoms with Gasteiger partial charge in [-0.25, -0.2) is 9.97 Å². The van der Waals surface area contributed by atoms with Gasteiger partial charge in [0, 0.05) is 18.9 Å². The Bertz CT molecular complexity index is 459. The van der Waals surface area contributed by atoms with E-state index in [0.29, 0.717) is 11.7 Å². The molecule has 0 aliphatic rings. The predicted octanol–water partition coefficient (Wildman–Crippen LogP) is 1.77. The second-order valence-corrected chi connectivity index (χ2v) is 3.94. The van der Waals surface area contributed by atoms with Crippen LogP contribution in [0.3, 0.4) is 0 Å². The van der Waals surface area contributed by atoms with Gasteiger partial charge in [0.2, 0.25) is 0 Å². The lowest BCUT2D eigenvalue weighted by Gasteiger charge is -2.11. The van der Waals surface area contributed by atoms with Gasteiger partial charge in [-0.15, -0.1) is 5.10 Å². The van der Waals surface area contributed by atoms with Crippen molar-refractivity contribution in [3.63, 3.8) is 0 Å². The molecular weight excluding hydrogens is 238 g/mol. The van der Waals surface area contributed by atoms with E-state index in [2.05, 4.69) is 25.5 Å². The Kier molecular flexibility index (Phi) is 3.95. The van der Waals surface area contributed by atoms with Crippen molar-refractivity contribution in [1.29, 1.82) is 0 Å². The highest BCUT2D eigenvalue weighted by atomic mass is 35.5. The molecule has 0 radical (unpaired) electrons. The van der Waals surface area contributed by atoms with Crippen LogP contribution in [0.15, 0.2) is 30.6 Å². The largest absolute Gasteiger partial charge is 0.302 e. The number of halogens is 1. The molecule has 0 spiro atoms. The van der Waals surface area contributed by atoms with Crippen molar-refractivity contribution in [1.82, 2.24) is 25.5 Å². The second kappa shape index (κ2) is 5.65. The van der Waals surface area contributed by atoms with Gasteiger partial charge in [0.1, 0.15) is 5.82 Å². The van der Waals surface area contributed by atoms with E-state index in [-0.39, 0.29) is 6.04 Å². The summed E-state index contributed by atoms with van der Waals surface area (Å²) in [5, 5.41) is 11.4. The summed E-state index contributed by atoms with van der Waals surface area (Å²) in [5.41, 5.74) is 0.831. The topological polar surface area (TPSA) is 63.6 Å². The highest BCUT2D eigenvalue weighted by Crippen LogP contribution is 2.07. The lowest BCUT2D eigenvalue weighted by atomic mass is 10.3. The zero-order valence-corrected chi connectivity index (χ0v) is 10.1. The van der Waals surface area contributed by atoms with Gasteiger partial charge >= 0.3 is 0 Å². The minimum absolute atomic E-state index is 0.0636. The maximum absolute atomic E-state index is 5.66. The van der Waals surface area contributed by atoms with Crippen molar-refractivity contribution in [2.24, 2.45) is 0 Å². The molecule has 2 aromatic rings. The van der Waals surface area contributed by atoms with Crippen LogP contribution < -0.4 is 5.32 Å². The summed E-state index contributed by atoms with van der Waals surface area (Å²) in [4.78, 5) is 8.35. The van der Waals surface area contributed by atoms with Gasteiger partial charge in [0.15, 0.2) is 5.15 Å². The van der Waals surface area contributed by atoms with E-state index in [1.165, 1.54) is 0 Å². The van der Waals surface area contributed by atoms with E-state index in [1.54, 1.807) is 24.5 Å². The maximum atomic E-state index is 5.66. The van der Waals surface area contributed by atoms with Gasteiger partial charge < -0.3 is 5.32 Å². The molecule has 0 fully saturated rings. The molecule has 88 valence electrons. The highest BCUT2D eigenvalue weighted by Gasteiger charge is 2.07. The molecule has 0 unspecified atom stereocenters. The molecule has 1 N–H and O–H groups in total. The standard InChI is InChI=1S/C11H12ClN5/c1-8(11-13-5-2-6-14-11)15-7-9-3-4-10(12)17-16-9/h2-6,8,15H,7H2,1H3/t8-/m0/s1. The molecule has 0 aromatic carbocycles. The third-order valence-corrected chi connectivity index (χ3v) is 2.45. The van der Waals surface area contributed by atoms with Crippen molar-refractivity contribution < 1.29 is 0 Å². The normalized spacial score (nSPS) is 12.4. The molecule has 6 heteroatoms. The molecule has 0 amide bonds. The number of rotatable bonds is 4. The molecule has 5 nitrogen and oxygen atoms in total. The van der Waals surface area contributed by atoms with E-state index < -0.39 is 0 Å². The fourth-order valence-electron chi connectivity index (χ4n) is 1.32. The molecule has 1 atom stereocenters. The Hall–Kier alpha value is -1.59. The number of nitrogens with zero attached hydrogens (tertiary/aromatic N) is 4. The van der Waals surface area contributed by atoms with Crippen LogP contribution in [0.1, 0.15) is 24.5 Å². The Balaban J connectivity index is 1.92. The molecule has 0 aliphatic carbocycles. The van der Waals surface area contributed by atoms with Crippen LogP contribution in [0.5, 0.6) is 0 Å². The third kappa shape index (κ3) is 3.44. The lowest BCUT2D eigenvalue weighted by Crippen LogP contribution is -2.20. The number of aromatic nitrogens is 4. The van der Waals surface area contributed by atoms with Crippen molar-refractivity contribution in [3.05, 3.63) is 47.3 Å². The van der Waals surface area contributed by atoms with E-state index in [0.717, 1.165) is 11.5 Å². The van der Waals surface area contributed by atoms with E-state index in [9.17, 15) is 0 Å². The van der Waals surface area contributed by atoms with Crippen molar-refractivity contribution in [2.45, 2.75) is 19.5 Å². The molecule has 17 heavy (non-hydrogen) atoms. The number of nitrogens with one attached hydrogen (secondary N) is 1. The van der Waals surface area contributed by atoms with Gasteiger partial charge in [-0.3, -0.25) is 0 Å². The minimum atomic E-state index is 0.0636. The highest BCUT2D eigenvalue weighted by molar-refractivity contribution is 6.29. The Labute approximate surface area is 104 Å². The van der Waals surface area contributed by atoms with E-state index >= 15 is 0 Å². The lowest BCUT2D eigenvalue weighted by molar-refractivity contribution is 0.537. The van der Waals surface area contributed by atoms with E-state index in [1.807, 2.05) is 13.0 Å². The molecule has 0 aliphatic heterocycles. The van der Waals surface area contributed by atoms with Crippen molar-refractivity contribution in [2.75, 3.05) is 0 Å². The summed E-state index contributed by atoms with van der Waals surface area (Å²) in [7, 11) is 0. The van der Waals surface area contributed by atoms with Crippen LogP contribution in [0.2, 0.25) is 5.15 Å². The summed E-state index contributed by atoms with van der Waals surface area (Å²) in [5.74, 6) is 0.759. The average Bonchev–Trinajstić information content (AvgIpc) is 2.39. The van der Waals surface area contributed by atoms with Crippen LogP contribution in [0, 0.1) is 0 Å². The Morgan fingerprint density at radius 2 is 2.00 bits per heavy atom. The first-order chi connectivity index (χ1) is 8.25. The summed E-state index contributed by atoms with van der Waals surface area (Å²) in [6.07, 6.45) is 3.45. The Morgan fingerprint density at radius 3 is 2.65 bits per heavy atom. The molecule has 0 saturated heterocycles. The first kappa shape index (κ1) is 11.9. The monoisotopic (exact) mass is 249 g/mol. The van der Waals surface area contributed by atoms with E-state index in [4.69, 9.17) is 11.6 Å². The van der Waals surface area contributed by atoms with Crippen LogP contribution in [-0.2, 0) is 6.54 Å². The van der Waals surface area contributed by atoms with Gasteiger partial charge in [0.05, 0.1) is 11.7 Å². The van der Waals surface area contributed by atoms with Gasteiger partial charge in [-0.2, -0.15) is 5.10 Å². The number of hydrogen-bond acceptors (Lipinski definition) is 5.